The van der Waals surface area contributed by atoms with Gasteiger partial charge in [-0.3, -0.25) is 0 Å². The number of nitrogens with zero attached hydrogens (tertiary/aromatic N) is 2. The van der Waals surface area contributed by atoms with E-state index in [4.69, 9.17) is 0 Å². The monoisotopic (exact) mass is 148 g/mol. The quantitative estimate of drug-likeness (QED) is 0.332. The Morgan fingerprint density at radius 1 is 1.27 bits per heavy atom. The van der Waals surface area contributed by atoms with E-state index >= 15 is 0 Å². The molecule has 0 saturated heterocycles. The van der Waals surface area contributed by atoms with Gasteiger partial charge < -0.3 is 0 Å². The lowest BCUT2D eigenvalue weighted by molar-refractivity contribution is 1.43. The van der Waals surface area contributed by atoms with Crippen molar-refractivity contribution in [3.8, 4) is 0 Å². The van der Waals surface area contributed by atoms with Crippen LogP contribution in [0.1, 0.15) is 6.92 Å². The highest BCUT2D eigenvalue weighted by Gasteiger charge is 1.77. The van der Waals surface area contributed by atoms with E-state index in [9.17, 15) is 0 Å². The summed E-state index contributed by atoms with van der Waals surface area (Å²) < 4.78 is 0. The SMILES string of the molecule is C=CC(=C)/N=C\N=C(\C)C=C. The zero-order chi connectivity index (χ0) is 8.69. The molecular weight excluding hydrogens is 136 g/mol. The van der Waals surface area contributed by atoms with Crippen LogP contribution in [0.15, 0.2) is 47.6 Å². The third kappa shape index (κ3) is 5.03. The molecule has 0 amide bonds. The molecule has 0 aliphatic heterocycles. The highest BCUT2D eigenvalue weighted by molar-refractivity contribution is 5.96. The molecule has 0 heterocycles. The second-order valence-electron chi connectivity index (χ2n) is 1.91. The molecule has 11 heavy (non-hydrogen) atoms. The smallest absolute Gasteiger partial charge is 0.116 e. The molecule has 0 aromatic heterocycles. The molecule has 2 heteroatoms. The Bertz CT molecular complexity index is 222. The van der Waals surface area contributed by atoms with Crippen molar-refractivity contribution in [3.63, 3.8) is 0 Å². The van der Waals surface area contributed by atoms with Gasteiger partial charge >= 0.3 is 0 Å². The van der Waals surface area contributed by atoms with Crippen molar-refractivity contribution < 1.29 is 0 Å². The lowest BCUT2D eigenvalue weighted by atomic mass is 10.4. The van der Waals surface area contributed by atoms with Gasteiger partial charge in [0.25, 0.3) is 0 Å². The van der Waals surface area contributed by atoms with Crippen LogP contribution in [0.3, 0.4) is 0 Å². The molecule has 0 fully saturated rings. The second-order valence-corrected chi connectivity index (χ2v) is 1.91. The lowest BCUT2D eigenvalue weighted by Gasteiger charge is -1.85. The zero-order valence-corrected chi connectivity index (χ0v) is 6.75. The minimum atomic E-state index is 0.602. The third-order valence-electron chi connectivity index (χ3n) is 1.02. The molecule has 0 aliphatic carbocycles. The van der Waals surface area contributed by atoms with Crippen LogP contribution in [-0.2, 0) is 0 Å². The van der Waals surface area contributed by atoms with Crippen LogP contribution >= 0.6 is 0 Å². The average molecular weight is 148 g/mol. The van der Waals surface area contributed by atoms with Crippen molar-refractivity contribution in [2.75, 3.05) is 0 Å². The van der Waals surface area contributed by atoms with Gasteiger partial charge in [-0.15, -0.1) is 0 Å². The fourth-order valence-electron chi connectivity index (χ4n) is 0.300. The normalized spacial score (nSPS) is 11.5. The molecule has 0 atom stereocenters. The fourth-order valence-corrected chi connectivity index (χ4v) is 0.300. The molecule has 58 valence electrons. The van der Waals surface area contributed by atoms with E-state index in [0.29, 0.717) is 5.70 Å². The third-order valence-corrected chi connectivity index (χ3v) is 1.02. The first-order chi connectivity index (χ1) is 5.20. The summed E-state index contributed by atoms with van der Waals surface area (Å²) in [6.45, 7) is 12.5. The molecule has 0 aromatic carbocycles. The van der Waals surface area contributed by atoms with Gasteiger partial charge in [-0.25, -0.2) is 9.98 Å². The van der Waals surface area contributed by atoms with Gasteiger partial charge in [-0.1, -0.05) is 19.7 Å². The van der Waals surface area contributed by atoms with Gasteiger partial charge in [0.1, 0.15) is 6.34 Å². The van der Waals surface area contributed by atoms with E-state index in [1.54, 1.807) is 12.2 Å². The molecule has 0 radical (unpaired) electrons. The Hall–Kier alpha value is -1.44. The van der Waals surface area contributed by atoms with Crippen molar-refractivity contribution in [1.29, 1.82) is 0 Å². The van der Waals surface area contributed by atoms with Crippen molar-refractivity contribution in [1.82, 2.24) is 0 Å². The minimum Gasteiger partial charge on any atom is -0.242 e. The summed E-state index contributed by atoms with van der Waals surface area (Å²) in [6.07, 6.45) is 4.65. The van der Waals surface area contributed by atoms with Gasteiger partial charge in [-0.2, -0.15) is 0 Å². The predicted molar refractivity (Wildman–Crippen MR) is 51.1 cm³/mol. The maximum Gasteiger partial charge on any atom is 0.116 e. The number of aliphatic imine (C=N–C) groups is 2. The van der Waals surface area contributed by atoms with Crippen LogP contribution in [0.5, 0.6) is 0 Å². The lowest BCUT2D eigenvalue weighted by Crippen LogP contribution is -1.82. The Labute approximate surface area is 67.4 Å². The Kier molecular flexibility index (Phi) is 4.65. The van der Waals surface area contributed by atoms with E-state index in [-0.39, 0.29) is 0 Å². The van der Waals surface area contributed by atoms with Crippen LogP contribution in [0, 0.1) is 0 Å². The van der Waals surface area contributed by atoms with Crippen molar-refractivity contribution in [3.05, 3.63) is 37.6 Å². The minimum absolute atomic E-state index is 0.602. The first kappa shape index (κ1) is 9.56. The highest BCUT2D eigenvalue weighted by Crippen LogP contribution is 1.90. The molecule has 0 rings (SSSR count). The van der Waals surface area contributed by atoms with Crippen LogP contribution in [-0.4, -0.2) is 12.1 Å². The van der Waals surface area contributed by atoms with Crippen LogP contribution in [0.2, 0.25) is 0 Å². The summed E-state index contributed by atoms with van der Waals surface area (Å²) in [6, 6.07) is 0. The van der Waals surface area contributed by atoms with Gasteiger partial charge in [0.2, 0.25) is 0 Å². The van der Waals surface area contributed by atoms with Crippen LogP contribution in [0.4, 0.5) is 0 Å². The Balaban J connectivity index is 4.05. The van der Waals surface area contributed by atoms with Gasteiger partial charge in [0.15, 0.2) is 0 Å². The number of hydrogen-bond acceptors (Lipinski definition) is 1. The maximum atomic E-state index is 3.93. The Morgan fingerprint density at radius 3 is 2.36 bits per heavy atom. The van der Waals surface area contributed by atoms with E-state index in [0.717, 1.165) is 5.71 Å². The van der Waals surface area contributed by atoms with E-state index in [1.165, 1.54) is 6.34 Å². The van der Waals surface area contributed by atoms with E-state index in [1.807, 2.05) is 6.92 Å². The predicted octanol–water partition coefficient (Wildman–Crippen LogP) is 2.36. The molecule has 0 N–H and O–H groups in total. The number of rotatable bonds is 4. The highest BCUT2D eigenvalue weighted by atomic mass is 14.9. The zero-order valence-electron chi connectivity index (χ0n) is 6.75. The summed E-state index contributed by atoms with van der Waals surface area (Å²) in [4.78, 5) is 7.79. The van der Waals surface area contributed by atoms with Crippen molar-refractivity contribution in [2.24, 2.45) is 9.98 Å². The molecule has 0 saturated carbocycles. The summed E-state index contributed by atoms with van der Waals surface area (Å²) in [5.41, 5.74) is 1.43. The largest absolute Gasteiger partial charge is 0.242 e. The van der Waals surface area contributed by atoms with Crippen molar-refractivity contribution in [2.45, 2.75) is 6.92 Å². The van der Waals surface area contributed by atoms with E-state index < -0.39 is 0 Å². The standard InChI is InChI=1S/C9H12N2/c1-5-8(3)10-7-11-9(4)6-2/h5-7H,1-3H2,4H3/b10-7-,11-9-. The van der Waals surface area contributed by atoms with Crippen LogP contribution < -0.4 is 0 Å². The summed E-state index contributed by atoms with van der Waals surface area (Å²) >= 11 is 0. The first-order valence-corrected chi connectivity index (χ1v) is 3.21. The molecule has 0 aromatic rings. The Morgan fingerprint density at radius 2 is 1.91 bits per heavy atom. The maximum absolute atomic E-state index is 3.93. The van der Waals surface area contributed by atoms with Gasteiger partial charge in [-0.05, 0) is 19.1 Å². The van der Waals surface area contributed by atoms with Crippen molar-refractivity contribution >= 4 is 12.1 Å². The number of hydrogen-bond donors (Lipinski definition) is 0. The van der Waals surface area contributed by atoms with Crippen LogP contribution in [0.25, 0.3) is 0 Å². The fraction of sp³-hybridized carbons (Fsp3) is 0.111. The summed E-state index contributed by atoms with van der Waals surface area (Å²) in [5, 5.41) is 0. The average Bonchev–Trinajstić information content (AvgIpc) is 2.04. The topological polar surface area (TPSA) is 24.7 Å². The number of allylic oxidation sites excluding steroid dienone is 2. The molecular formula is C9H12N2. The second kappa shape index (κ2) is 5.35. The molecule has 0 bridgehead atoms. The molecule has 0 aliphatic rings. The molecule has 2 nitrogen and oxygen atoms in total. The first-order valence-electron chi connectivity index (χ1n) is 3.21. The summed E-state index contributed by atoms with van der Waals surface area (Å²) in [5.74, 6) is 0. The summed E-state index contributed by atoms with van der Waals surface area (Å²) in [7, 11) is 0. The molecule has 0 unspecified atom stereocenters. The van der Waals surface area contributed by atoms with Gasteiger partial charge in [0, 0.05) is 5.71 Å². The van der Waals surface area contributed by atoms with Gasteiger partial charge in [0.05, 0.1) is 5.70 Å². The molecule has 0 spiro atoms. The van der Waals surface area contributed by atoms with E-state index in [2.05, 4.69) is 29.7 Å².